The molecule has 0 spiro atoms. The Morgan fingerprint density at radius 1 is 0.969 bits per heavy atom. The molecule has 3 atom stereocenters. The first-order valence-corrected chi connectivity index (χ1v) is 10.6. The lowest BCUT2D eigenvalue weighted by Gasteiger charge is -2.28. The van der Waals surface area contributed by atoms with Crippen molar-refractivity contribution in [3.63, 3.8) is 0 Å². The zero-order valence-electron chi connectivity index (χ0n) is 17.7. The summed E-state index contributed by atoms with van der Waals surface area (Å²) < 4.78 is 0. The van der Waals surface area contributed by atoms with Gasteiger partial charge < -0.3 is 15.5 Å². The molecule has 2 aromatic carbocycles. The molecule has 0 bridgehead atoms. The normalized spacial score (nSPS) is 21.2. The largest absolute Gasteiger partial charge is 0.381 e. The van der Waals surface area contributed by atoms with Crippen LogP contribution in [0.1, 0.15) is 27.5 Å². The molecule has 32 heavy (non-hydrogen) atoms. The number of hydrogen-bond acceptors (Lipinski definition) is 4. The van der Waals surface area contributed by atoms with Crippen LogP contribution in [0, 0.1) is 11.8 Å². The SMILES string of the molecule is Cl.Cl.O=C(c1ccc(NCc2ccncc2)cc1)N1C[C@@H]2CNC[C@@H]2[C@@H]1c1ccccc1. The summed E-state index contributed by atoms with van der Waals surface area (Å²) in [5, 5.41) is 6.91. The van der Waals surface area contributed by atoms with Gasteiger partial charge in [0, 0.05) is 55.7 Å². The van der Waals surface area contributed by atoms with E-state index in [-0.39, 0.29) is 36.8 Å². The van der Waals surface area contributed by atoms with Gasteiger partial charge in [0.25, 0.3) is 5.91 Å². The molecular weight excluding hydrogens is 443 g/mol. The van der Waals surface area contributed by atoms with Crippen molar-refractivity contribution < 1.29 is 4.79 Å². The fourth-order valence-electron chi connectivity index (χ4n) is 4.81. The summed E-state index contributed by atoms with van der Waals surface area (Å²) in [6.07, 6.45) is 3.59. The van der Waals surface area contributed by atoms with Gasteiger partial charge in [0.15, 0.2) is 0 Å². The molecule has 5 nitrogen and oxygen atoms in total. The summed E-state index contributed by atoms with van der Waals surface area (Å²) in [5.74, 6) is 1.14. The molecule has 2 aliphatic rings. The van der Waals surface area contributed by atoms with Gasteiger partial charge in [0.05, 0.1) is 6.04 Å². The van der Waals surface area contributed by atoms with Gasteiger partial charge >= 0.3 is 0 Å². The number of hydrogen-bond donors (Lipinski definition) is 2. The maximum Gasteiger partial charge on any atom is 0.254 e. The number of pyridine rings is 1. The van der Waals surface area contributed by atoms with Gasteiger partial charge in [0.2, 0.25) is 0 Å². The fraction of sp³-hybridized carbons (Fsp3) is 0.280. The lowest BCUT2D eigenvalue weighted by molar-refractivity contribution is 0.0714. The lowest BCUT2D eigenvalue weighted by atomic mass is 9.89. The zero-order valence-corrected chi connectivity index (χ0v) is 19.3. The van der Waals surface area contributed by atoms with Crippen molar-refractivity contribution in [2.24, 2.45) is 11.8 Å². The summed E-state index contributed by atoms with van der Waals surface area (Å²) in [6, 6.07) is 22.5. The van der Waals surface area contributed by atoms with E-state index < -0.39 is 0 Å². The number of rotatable bonds is 5. The maximum absolute atomic E-state index is 13.4. The molecule has 0 saturated carbocycles. The van der Waals surface area contributed by atoms with E-state index in [1.807, 2.05) is 42.5 Å². The summed E-state index contributed by atoms with van der Waals surface area (Å²) in [6.45, 7) is 3.52. The van der Waals surface area contributed by atoms with Gasteiger partial charge in [-0.05, 0) is 53.4 Å². The second kappa shape index (κ2) is 10.8. The average molecular weight is 471 g/mol. The Bertz CT molecular complexity index is 1000. The number of carbonyl (C=O) groups is 1. The Balaban J connectivity index is 0.00000144. The number of anilines is 1. The molecule has 0 unspecified atom stereocenters. The van der Waals surface area contributed by atoms with Crippen LogP contribution >= 0.6 is 24.8 Å². The highest BCUT2D eigenvalue weighted by Gasteiger charge is 2.46. The Labute approximate surface area is 201 Å². The van der Waals surface area contributed by atoms with Crippen LogP contribution in [0.15, 0.2) is 79.1 Å². The molecule has 168 valence electrons. The molecule has 2 aliphatic heterocycles. The van der Waals surface area contributed by atoms with E-state index in [2.05, 4.69) is 44.8 Å². The Morgan fingerprint density at radius 3 is 2.41 bits per heavy atom. The Kier molecular flexibility index (Phi) is 8.13. The van der Waals surface area contributed by atoms with E-state index in [1.165, 1.54) is 11.1 Å². The lowest BCUT2D eigenvalue weighted by Crippen LogP contribution is -2.34. The highest BCUT2D eigenvalue weighted by molar-refractivity contribution is 5.95. The van der Waals surface area contributed by atoms with E-state index in [9.17, 15) is 4.79 Å². The first kappa shape index (κ1) is 24.1. The van der Waals surface area contributed by atoms with Crippen molar-refractivity contribution in [3.8, 4) is 0 Å². The number of nitrogens with zero attached hydrogens (tertiary/aromatic N) is 2. The van der Waals surface area contributed by atoms with Crippen LogP contribution < -0.4 is 10.6 Å². The number of fused-ring (bicyclic) bond motifs is 1. The third-order valence-corrected chi connectivity index (χ3v) is 6.34. The van der Waals surface area contributed by atoms with Crippen LogP contribution in [-0.2, 0) is 6.54 Å². The minimum atomic E-state index is 0. The van der Waals surface area contributed by atoms with Crippen molar-refractivity contribution in [2.75, 3.05) is 25.0 Å². The van der Waals surface area contributed by atoms with Gasteiger partial charge in [-0.15, -0.1) is 24.8 Å². The maximum atomic E-state index is 13.4. The number of likely N-dealkylation sites (tertiary alicyclic amines) is 1. The van der Waals surface area contributed by atoms with E-state index in [0.717, 1.165) is 37.4 Å². The first-order valence-electron chi connectivity index (χ1n) is 10.6. The second-order valence-electron chi connectivity index (χ2n) is 8.18. The van der Waals surface area contributed by atoms with Crippen LogP contribution in [0.25, 0.3) is 0 Å². The van der Waals surface area contributed by atoms with Crippen molar-refractivity contribution in [1.29, 1.82) is 0 Å². The third kappa shape index (κ3) is 4.90. The quantitative estimate of drug-likeness (QED) is 0.573. The van der Waals surface area contributed by atoms with Crippen LogP contribution in [0.2, 0.25) is 0 Å². The van der Waals surface area contributed by atoms with Crippen molar-refractivity contribution >= 4 is 36.4 Å². The predicted octanol–water partition coefficient (Wildman–Crippen LogP) is 4.57. The minimum Gasteiger partial charge on any atom is -0.381 e. The van der Waals surface area contributed by atoms with Crippen LogP contribution in [0.3, 0.4) is 0 Å². The molecule has 1 aromatic heterocycles. The van der Waals surface area contributed by atoms with Gasteiger partial charge in [-0.3, -0.25) is 9.78 Å². The van der Waals surface area contributed by atoms with Crippen LogP contribution in [0.5, 0.6) is 0 Å². The van der Waals surface area contributed by atoms with E-state index in [0.29, 0.717) is 11.8 Å². The van der Waals surface area contributed by atoms with Crippen LogP contribution in [-0.4, -0.2) is 35.4 Å². The topological polar surface area (TPSA) is 57.3 Å². The summed E-state index contributed by atoms with van der Waals surface area (Å²) >= 11 is 0. The first-order chi connectivity index (χ1) is 14.8. The fourth-order valence-corrected chi connectivity index (χ4v) is 4.81. The van der Waals surface area contributed by atoms with Crippen LogP contribution in [0.4, 0.5) is 5.69 Å². The molecule has 5 rings (SSSR count). The predicted molar refractivity (Wildman–Crippen MR) is 133 cm³/mol. The number of amides is 1. The second-order valence-corrected chi connectivity index (χ2v) is 8.18. The summed E-state index contributed by atoms with van der Waals surface area (Å²) in [7, 11) is 0. The molecular formula is C25H28Cl2N4O. The molecule has 7 heteroatoms. The van der Waals surface area contributed by atoms with Gasteiger partial charge in [-0.2, -0.15) is 0 Å². The molecule has 0 radical (unpaired) electrons. The van der Waals surface area contributed by atoms with E-state index >= 15 is 0 Å². The van der Waals surface area contributed by atoms with Crippen molar-refractivity contribution in [1.82, 2.24) is 15.2 Å². The molecule has 2 saturated heterocycles. The van der Waals surface area contributed by atoms with E-state index in [4.69, 9.17) is 0 Å². The molecule has 0 aliphatic carbocycles. The Hall–Kier alpha value is -2.60. The molecule has 1 amide bonds. The highest BCUT2D eigenvalue weighted by atomic mass is 35.5. The third-order valence-electron chi connectivity index (χ3n) is 6.34. The van der Waals surface area contributed by atoms with Crippen molar-refractivity contribution in [2.45, 2.75) is 12.6 Å². The number of benzene rings is 2. The Morgan fingerprint density at radius 2 is 1.69 bits per heavy atom. The van der Waals surface area contributed by atoms with Crippen molar-refractivity contribution in [3.05, 3.63) is 95.8 Å². The monoisotopic (exact) mass is 470 g/mol. The zero-order chi connectivity index (χ0) is 20.3. The number of carbonyl (C=O) groups excluding carboxylic acids is 1. The average Bonchev–Trinajstić information content (AvgIpc) is 3.40. The highest BCUT2D eigenvalue weighted by Crippen LogP contribution is 2.43. The molecule has 2 fully saturated rings. The smallest absolute Gasteiger partial charge is 0.254 e. The number of halogens is 2. The van der Waals surface area contributed by atoms with Gasteiger partial charge in [-0.1, -0.05) is 30.3 Å². The molecule has 2 N–H and O–H groups in total. The van der Waals surface area contributed by atoms with Gasteiger partial charge in [-0.25, -0.2) is 0 Å². The minimum absolute atomic E-state index is 0. The number of aromatic nitrogens is 1. The van der Waals surface area contributed by atoms with Gasteiger partial charge in [0.1, 0.15) is 0 Å². The van der Waals surface area contributed by atoms with E-state index in [1.54, 1.807) is 12.4 Å². The number of nitrogens with one attached hydrogen (secondary N) is 2. The standard InChI is InChI=1S/C25H26N4O.2ClH/c30-25(20-6-8-22(9-7-20)28-14-18-10-12-26-13-11-18)29-17-21-15-27-16-23(21)24(29)19-4-2-1-3-5-19;;/h1-13,21,23-24,27-28H,14-17H2;2*1H/t21-,23-,24-;;/m0../s1. The summed E-state index contributed by atoms with van der Waals surface area (Å²) in [5.41, 5.74) is 4.16. The molecule has 3 heterocycles. The summed E-state index contributed by atoms with van der Waals surface area (Å²) in [4.78, 5) is 19.6. The molecule has 3 aromatic rings.